The Morgan fingerprint density at radius 3 is 1.50 bits per heavy atom. The third kappa shape index (κ3) is 4.02. The molecule has 0 amide bonds. The van der Waals surface area contributed by atoms with Gasteiger partial charge in [-0.1, -0.05) is 54.6 Å². The predicted octanol–water partition coefficient (Wildman–Crippen LogP) is 3.17. The molecule has 0 atom stereocenters. The molecule has 0 N–H and O–H groups in total. The minimum atomic E-state index is -3.45. The van der Waals surface area contributed by atoms with Gasteiger partial charge in [-0.3, -0.25) is 4.18 Å². The molecule has 1 aliphatic heterocycles. The van der Waals surface area contributed by atoms with Crippen molar-refractivity contribution >= 4 is 33.1 Å². The van der Waals surface area contributed by atoms with Gasteiger partial charge in [0.25, 0.3) is 10.1 Å². The average molecular weight is 441 g/mol. The third-order valence-electron chi connectivity index (χ3n) is 5.56. The molecule has 3 aromatic carbocycles. The van der Waals surface area contributed by atoms with E-state index >= 15 is 0 Å². The Bertz CT molecular complexity index is 1070. The summed E-state index contributed by atoms with van der Waals surface area (Å²) in [4.78, 5) is 0. The van der Waals surface area contributed by atoms with Crippen molar-refractivity contribution in [3.05, 3.63) is 91.0 Å². The van der Waals surface area contributed by atoms with E-state index in [1.54, 1.807) is 0 Å². The summed E-state index contributed by atoms with van der Waals surface area (Å²) in [5.41, 5.74) is -0.202. The first kappa shape index (κ1) is 21.0. The fourth-order valence-electron chi connectivity index (χ4n) is 4.26. The summed E-state index contributed by atoms with van der Waals surface area (Å²) in [6.07, 6.45) is 1.11. The molecule has 156 valence electrons. The van der Waals surface area contributed by atoms with E-state index in [2.05, 4.69) is 84.0 Å². The average Bonchev–Trinajstić information content (AvgIpc) is 2.73. The highest BCUT2D eigenvalue weighted by atomic mass is 32.2. The van der Waals surface area contributed by atoms with Crippen molar-refractivity contribution in [2.45, 2.75) is 6.92 Å². The Labute approximate surface area is 179 Å². The minimum absolute atomic E-state index is 0.202. The maximum absolute atomic E-state index is 11.5. The second kappa shape index (κ2) is 8.14. The summed E-state index contributed by atoms with van der Waals surface area (Å²) in [5.74, 6) is 0. The van der Waals surface area contributed by atoms with Gasteiger partial charge >= 0.3 is 0 Å². The zero-order chi connectivity index (χ0) is 21.2. The standard InChI is InChI=1S/C24H27NO3PS/c1-24(20-28-30(2,26)27)18-25(19-24)29(21-12-6-3-7-13-21,22-14-8-4-9-15-22)23-16-10-5-11-17-23/h3-17H,18-20H2,1-2H3/q+1. The molecule has 4 rings (SSSR count). The maximum atomic E-state index is 11.5. The van der Waals surface area contributed by atoms with Crippen LogP contribution in [0, 0.1) is 5.41 Å². The van der Waals surface area contributed by atoms with Gasteiger partial charge in [0.05, 0.1) is 12.9 Å². The van der Waals surface area contributed by atoms with E-state index in [9.17, 15) is 8.42 Å². The lowest BCUT2D eigenvalue weighted by molar-refractivity contribution is -0.608. The molecular weight excluding hydrogens is 413 g/mol. The van der Waals surface area contributed by atoms with E-state index in [4.69, 9.17) is 4.18 Å². The molecule has 0 aromatic heterocycles. The van der Waals surface area contributed by atoms with Crippen LogP contribution in [-0.4, -0.2) is 38.7 Å². The van der Waals surface area contributed by atoms with Gasteiger partial charge in [-0.2, -0.15) is 8.42 Å². The Morgan fingerprint density at radius 2 is 1.17 bits per heavy atom. The summed E-state index contributed by atoms with van der Waals surface area (Å²) in [5, 5.41) is 3.90. The van der Waals surface area contributed by atoms with E-state index in [-0.39, 0.29) is 12.0 Å². The second-order valence-corrected chi connectivity index (χ2v) is 13.3. The van der Waals surface area contributed by atoms with Crippen LogP contribution in [0.5, 0.6) is 0 Å². The molecule has 1 aliphatic rings. The Morgan fingerprint density at radius 1 is 0.800 bits per heavy atom. The summed E-state index contributed by atoms with van der Waals surface area (Å²) < 4.78 is 30.8. The maximum Gasteiger partial charge on any atom is 0.264 e. The lowest BCUT2D eigenvalue weighted by Gasteiger charge is -2.40. The van der Waals surface area contributed by atoms with Gasteiger partial charge in [-0.05, 0) is 43.3 Å². The largest absolute Gasteiger partial charge is 0.269 e. The minimum Gasteiger partial charge on any atom is -0.269 e. The second-order valence-electron chi connectivity index (χ2n) is 8.24. The normalized spacial score (nSPS) is 16.1. The first-order valence-electron chi connectivity index (χ1n) is 9.99. The summed E-state index contributed by atoms with van der Waals surface area (Å²) in [7, 11) is -5.53. The number of hydrogen-bond donors (Lipinski definition) is 0. The van der Waals surface area contributed by atoms with Crippen LogP contribution >= 0.6 is 7.05 Å². The molecule has 3 aromatic rings. The van der Waals surface area contributed by atoms with E-state index in [1.165, 1.54) is 15.9 Å². The van der Waals surface area contributed by atoms with Crippen molar-refractivity contribution in [2.75, 3.05) is 26.0 Å². The summed E-state index contributed by atoms with van der Waals surface area (Å²) >= 11 is 0. The highest BCUT2D eigenvalue weighted by Gasteiger charge is 2.51. The van der Waals surface area contributed by atoms with Gasteiger partial charge in [0.15, 0.2) is 20.1 Å². The molecule has 0 bridgehead atoms. The smallest absolute Gasteiger partial charge is 0.264 e. The number of rotatable bonds is 6. The monoisotopic (exact) mass is 440 g/mol. The molecule has 0 spiro atoms. The molecule has 30 heavy (non-hydrogen) atoms. The van der Waals surface area contributed by atoms with Crippen LogP contribution in [0.25, 0.3) is 0 Å². The first-order valence-corrected chi connectivity index (χ1v) is 13.6. The van der Waals surface area contributed by atoms with Crippen LogP contribution < -0.4 is 15.9 Å². The molecular formula is C24H27NO3PS+. The van der Waals surface area contributed by atoms with Gasteiger partial charge in [0.1, 0.15) is 5.41 Å². The number of hydrogen-bond acceptors (Lipinski definition) is 3. The quantitative estimate of drug-likeness (QED) is 0.437. The SMILES string of the molecule is CC1(COS(C)(=O)=O)C[N+](=P(c2ccccc2)(c2ccccc2)c2ccccc2)C1. The van der Waals surface area contributed by atoms with Gasteiger partial charge < -0.3 is 0 Å². The van der Waals surface area contributed by atoms with Crippen molar-refractivity contribution in [3.63, 3.8) is 0 Å². The lowest BCUT2D eigenvalue weighted by Crippen LogP contribution is -2.54. The Balaban J connectivity index is 1.93. The van der Waals surface area contributed by atoms with Crippen LogP contribution in [0.2, 0.25) is 0 Å². The van der Waals surface area contributed by atoms with Crippen LogP contribution in [0.4, 0.5) is 0 Å². The van der Waals surface area contributed by atoms with Crippen molar-refractivity contribution in [1.82, 2.24) is 0 Å². The predicted molar refractivity (Wildman–Crippen MR) is 124 cm³/mol. The van der Waals surface area contributed by atoms with Crippen molar-refractivity contribution in [2.24, 2.45) is 5.41 Å². The fraction of sp³-hybridized carbons (Fsp3) is 0.250. The molecule has 0 aliphatic carbocycles. The van der Waals surface area contributed by atoms with E-state index in [0.29, 0.717) is 0 Å². The fourth-order valence-corrected chi connectivity index (χ4v) is 9.55. The van der Waals surface area contributed by atoms with Crippen molar-refractivity contribution in [1.29, 1.82) is 0 Å². The van der Waals surface area contributed by atoms with Crippen LogP contribution in [0.3, 0.4) is 0 Å². The number of nitrogens with zero attached hydrogens (tertiary/aromatic N) is 1. The van der Waals surface area contributed by atoms with E-state index in [1.807, 2.05) is 18.2 Å². The molecule has 0 saturated carbocycles. The van der Waals surface area contributed by atoms with Gasteiger partial charge in [-0.15, -0.1) is 0 Å². The first-order chi connectivity index (χ1) is 14.3. The van der Waals surface area contributed by atoms with Gasteiger partial charge in [-0.25, -0.2) is 4.33 Å². The molecule has 1 saturated heterocycles. The molecule has 1 heterocycles. The molecule has 6 heteroatoms. The van der Waals surface area contributed by atoms with Crippen LogP contribution in [0.15, 0.2) is 91.0 Å². The third-order valence-corrected chi connectivity index (χ3v) is 10.4. The zero-order valence-electron chi connectivity index (χ0n) is 17.3. The molecule has 1 fully saturated rings. The van der Waals surface area contributed by atoms with Crippen LogP contribution in [-0.2, 0) is 14.3 Å². The summed E-state index contributed by atoms with van der Waals surface area (Å²) in [6.45, 7) is 3.86. The Hall–Kier alpha value is -2.20. The summed E-state index contributed by atoms with van der Waals surface area (Å²) in [6, 6.07) is 32.1. The Kier molecular flexibility index (Phi) is 5.71. The van der Waals surface area contributed by atoms with E-state index in [0.717, 1.165) is 19.3 Å². The molecule has 4 nitrogen and oxygen atoms in total. The lowest BCUT2D eigenvalue weighted by atomic mass is 9.85. The van der Waals surface area contributed by atoms with Crippen molar-refractivity contribution in [3.8, 4) is 0 Å². The van der Waals surface area contributed by atoms with Gasteiger partial charge in [0.2, 0.25) is 0 Å². The highest BCUT2D eigenvalue weighted by molar-refractivity contribution is 7.86. The zero-order valence-corrected chi connectivity index (χ0v) is 19.0. The van der Waals surface area contributed by atoms with Crippen LogP contribution in [0.1, 0.15) is 6.92 Å². The van der Waals surface area contributed by atoms with Crippen molar-refractivity contribution < 1.29 is 16.9 Å². The number of benzene rings is 3. The topological polar surface area (TPSA) is 46.4 Å². The van der Waals surface area contributed by atoms with Gasteiger partial charge in [0, 0.05) is 15.9 Å². The molecule has 0 unspecified atom stereocenters. The highest BCUT2D eigenvalue weighted by Crippen LogP contribution is 2.50. The molecule has 0 radical (unpaired) electrons. The van der Waals surface area contributed by atoms with E-state index < -0.39 is 17.2 Å².